The van der Waals surface area contributed by atoms with Crippen LogP contribution in [0.1, 0.15) is 111 Å². The number of carbonyl (C=O) groups excluding carboxylic acids is 3. The molecule has 0 aromatic heterocycles. The first-order valence-electron chi connectivity index (χ1n) is 16.6. The molecule has 0 bridgehead atoms. The van der Waals surface area contributed by atoms with Gasteiger partial charge in [-0.2, -0.15) is 0 Å². The van der Waals surface area contributed by atoms with Gasteiger partial charge in [-0.25, -0.2) is 0 Å². The van der Waals surface area contributed by atoms with Crippen molar-refractivity contribution in [1.29, 1.82) is 0 Å². The zero-order chi connectivity index (χ0) is 31.2. The van der Waals surface area contributed by atoms with E-state index in [0.717, 1.165) is 77.0 Å². The summed E-state index contributed by atoms with van der Waals surface area (Å²) in [6.45, 7) is 9.85. The van der Waals surface area contributed by atoms with Crippen LogP contribution < -0.4 is 10.6 Å². The van der Waals surface area contributed by atoms with Gasteiger partial charge in [0.2, 0.25) is 11.8 Å². The Labute approximate surface area is 258 Å². The number of rotatable bonds is 16. The van der Waals surface area contributed by atoms with Gasteiger partial charge in [0.05, 0.1) is 42.9 Å². The molecule has 3 saturated heterocycles. The molecule has 0 saturated carbocycles. The predicted octanol–water partition coefficient (Wildman–Crippen LogP) is 4.91. The van der Waals surface area contributed by atoms with E-state index in [1.807, 2.05) is 19.9 Å². The Bertz CT molecular complexity index is 936. The number of hydrogen-bond acceptors (Lipinski definition) is 7. The van der Waals surface area contributed by atoms with Gasteiger partial charge in [0.15, 0.2) is 11.6 Å². The van der Waals surface area contributed by atoms with Crippen LogP contribution in [-0.2, 0) is 28.6 Å². The quantitative estimate of drug-likeness (QED) is 0.130. The minimum atomic E-state index is -1.00. The minimum Gasteiger partial charge on any atom is -0.390 e. The standard InChI is InChI=1S/C34H56N2O7/c1-5-7-12-27-13-8-18-34(42-27)19-9-14-28(43-34)15-10-20-35-33(40)25(4)30(38)23-36-32(39)22-31-24(3)16-17-29(41-31)21-26(37)11-6-2/h5-6,11,24-25,27-31,38H,1,7-10,12-23H2,2-4H3,(H,35,40)(H,36,39)/b11-6+/t24?,25-,27+,28-,29?,30-,31?,34?/m0/s1. The second-order valence-electron chi connectivity index (χ2n) is 12.9. The van der Waals surface area contributed by atoms with Crippen molar-refractivity contribution < 1.29 is 33.7 Å². The van der Waals surface area contributed by atoms with Crippen LogP contribution in [0.25, 0.3) is 0 Å². The molecule has 9 nitrogen and oxygen atoms in total. The average Bonchev–Trinajstić information content (AvgIpc) is 2.98. The lowest BCUT2D eigenvalue weighted by molar-refractivity contribution is -0.315. The Kier molecular flexibility index (Phi) is 14.8. The molecule has 3 aliphatic rings. The maximum absolute atomic E-state index is 12.7. The van der Waals surface area contributed by atoms with Gasteiger partial charge in [-0.3, -0.25) is 14.4 Å². The van der Waals surface area contributed by atoms with Gasteiger partial charge in [0, 0.05) is 32.4 Å². The first kappa shape index (κ1) is 35.4. The molecule has 3 N–H and O–H groups in total. The third kappa shape index (κ3) is 11.7. The molecule has 0 aromatic rings. The Hall–Kier alpha value is -2.07. The van der Waals surface area contributed by atoms with Crippen molar-refractivity contribution in [3.63, 3.8) is 0 Å². The number of aliphatic hydroxyl groups is 1. The number of hydrogen-bond donors (Lipinski definition) is 3. The molecule has 8 atom stereocenters. The number of carbonyl (C=O) groups is 3. The first-order chi connectivity index (χ1) is 20.6. The number of ether oxygens (including phenoxy) is 3. The SMILES string of the molecule is C=CCC[C@@H]1CCCC2(CCC[C@@H](CCCNC(=O)[C@@H](C)[C@@H](O)CNC(=O)CC3OC(CC(=O)/C=C/C)CCC3C)O2)O1. The summed E-state index contributed by atoms with van der Waals surface area (Å²) in [5, 5.41) is 16.3. The molecule has 3 fully saturated rings. The van der Waals surface area contributed by atoms with Crippen LogP contribution in [0.2, 0.25) is 0 Å². The number of allylic oxidation sites excluding steroid dienone is 3. The van der Waals surface area contributed by atoms with E-state index in [4.69, 9.17) is 14.2 Å². The molecule has 9 heteroatoms. The van der Waals surface area contributed by atoms with Crippen LogP contribution in [0.15, 0.2) is 24.8 Å². The summed E-state index contributed by atoms with van der Waals surface area (Å²) >= 11 is 0. The lowest BCUT2D eigenvalue weighted by atomic mass is 9.89. The predicted molar refractivity (Wildman–Crippen MR) is 166 cm³/mol. The Morgan fingerprint density at radius 1 is 1.00 bits per heavy atom. The summed E-state index contributed by atoms with van der Waals surface area (Å²) in [6.07, 6.45) is 16.1. The summed E-state index contributed by atoms with van der Waals surface area (Å²) < 4.78 is 19.0. The molecule has 2 amide bonds. The lowest BCUT2D eigenvalue weighted by Crippen LogP contribution is -2.48. The second-order valence-corrected chi connectivity index (χ2v) is 12.9. The number of aliphatic hydroxyl groups excluding tert-OH is 1. The average molecular weight is 605 g/mol. The van der Waals surface area contributed by atoms with Gasteiger partial charge >= 0.3 is 0 Å². The highest BCUT2D eigenvalue weighted by Gasteiger charge is 2.42. The van der Waals surface area contributed by atoms with Crippen molar-refractivity contribution in [1.82, 2.24) is 10.6 Å². The monoisotopic (exact) mass is 604 g/mol. The molecule has 0 aliphatic carbocycles. The molecule has 1 spiro atoms. The molecule has 0 radical (unpaired) electrons. The topological polar surface area (TPSA) is 123 Å². The van der Waals surface area contributed by atoms with Crippen LogP contribution in [-0.4, -0.2) is 72.1 Å². The fraction of sp³-hybridized carbons (Fsp3) is 0.794. The molecule has 0 aromatic carbocycles. The van der Waals surface area contributed by atoms with E-state index in [1.54, 1.807) is 19.1 Å². The maximum Gasteiger partial charge on any atom is 0.225 e. The Balaban J connectivity index is 1.32. The molecule has 244 valence electrons. The maximum atomic E-state index is 12.7. The summed E-state index contributed by atoms with van der Waals surface area (Å²) in [5.41, 5.74) is 0. The Morgan fingerprint density at radius 2 is 1.70 bits per heavy atom. The van der Waals surface area contributed by atoms with E-state index in [2.05, 4.69) is 17.2 Å². The van der Waals surface area contributed by atoms with Crippen LogP contribution in [0, 0.1) is 11.8 Å². The number of amides is 2. The van der Waals surface area contributed by atoms with Gasteiger partial charge in [-0.05, 0) is 83.1 Å². The van der Waals surface area contributed by atoms with Crippen molar-refractivity contribution in [2.24, 2.45) is 11.8 Å². The smallest absolute Gasteiger partial charge is 0.225 e. The van der Waals surface area contributed by atoms with Gasteiger partial charge < -0.3 is 30.0 Å². The number of ketones is 1. The summed E-state index contributed by atoms with van der Waals surface area (Å²) in [6, 6.07) is 0. The highest BCUT2D eigenvalue weighted by Crippen LogP contribution is 2.41. The van der Waals surface area contributed by atoms with E-state index in [1.165, 1.54) is 0 Å². The normalized spacial score (nSPS) is 30.9. The first-order valence-corrected chi connectivity index (χ1v) is 16.6. The molecular formula is C34H56N2O7. The summed E-state index contributed by atoms with van der Waals surface area (Å²) in [7, 11) is 0. The van der Waals surface area contributed by atoms with E-state index in [-0.39, 0.29) is 60.9 Å². The Morgan fingerprint density at radius 3 is 2.37 bits per heavy atom. The van der Waals surface area contributed by atoms with Gasteiger partial charge in [0.25, 0.3) is 0 Å². The van der Waals surface area contributed by atoms with Crippen molar-refractivity contribution in [2.75, 3.05) is 13.1 Å². The highest BCUT2D eigenvalue weighted by atomic mass is 16.7. The third-order valence-electron chi connectivity index (χ3n) is 9.24. The van der Waals surface area contributed by atoms with E-state index in [9.17, 15) is 19.5 Å². The van der Waals surface area contributed by atoms with Crippen LogP contribution in [0.5, 0.6) is 0 Å². The zero-order valence-electron chi connectivity index (χ0n) is 26.7. The fourth-order valence-corrected chi connectivity index (χ4v) is 6.51. The van der Waals surface area contributed by atoms with Gasteiger partial charge in [-0.1, -0.05) is 26.0 Å². The van der Waals surface area contributed by atoms with E-state index >= 15 is 0 Å². The van der Waals surface area contributed by atoms with Crippen molar-refractivity contribution in [3.05, 3.63) is 24.8 Å². The van der Waals surface area contributed by atoms with Crippen LogP contribution in [0.4, 0.5) is 0 Å². The van der Waals surface area contributed by atoms with E-state index < -0.39 is 17.8 Å². The fourth-order valence-electron chi connectivity index (χ4n) is 6.51. The second kappa shape index (κ2) is 18.0. The van der Waals surface area contributed by atoms with Gasteiger partial charge in [0.1, 0.15) is 0 Å². The molecule has 3 heterocycles. The summed E-state index contributed by atoms with van der Waals surface area (Å²) in [4.78, 5) is 37.2. The summed E-state index contributed by atoms with van der Waals surface area (Å²) in [5.74, 6) is -1.35. The minimum absolute atomic E-state index is 0.0104. The van der Waals surface area contributed by atoms with Crippen molar-refractivity contribution >= 4 is 17.6 Å². The molecule has 4 unspecified atom stereocenters. The van der Waals surface area contributed by atoms with Gasteiger partial charge in [-0.15, -0.1) is 6.58 Å². The van der Waals surface area contributed by atoms with E-state index in [0.29, 0.717) is 13.0 Å². The number of nitrogens with one attached hydrogen (secondary N) is 2. The molecular weight excluding hydrogens is 548 g/mol. The third-order valence-corrected chi connectivity index (χ3v) is 9.24. The van der Waals surface area contributed by atoms with Crippen LogP contribution in [0.3, 0.4) is 0 Å². The van der Waals surface area contributed by atoms with Crippen LogP contribution >= 0.6 is 0 Å². The highest BCUT2D eigenvalue weighted by molar-refractivity contribution is 5.89. The largest absolute Gasteiger partial charge is 0.390 e. The van der Waals surface area contributed by atoms with Crippen molar-refractivity contribution in [2.45, 2.75) is 147 Å². The molecule has 3 aliphatic heterocycles. The molecule has 3 rings (SSSR count). The molecule has 43 heavy (non-hydrogen) atoms. The lowest BCUT2D eigenvalue weighted by Gasteiger charge is -2.46. The zero-order valence-corrected chi connectivity index (χ0v) is 26.7. The van der Waals surface area contributed by atoms with Crippen molar-refractivity contribution in [3.8, 4) is 0 Å².